The van der Waals surface area contributed by atoms with Gasteiger partial charge in [0.1, 0.15) is 12.7 Å². The van der Waals surface area contributed by atoms with Gasteiger partial charge in [0.25, 0.3) is 11.8 Å². The Bertz CT molecular complexity index is 887. The molecule has 1 aliphatic rings. The molecule has 1 aliphatic heterocycles. The molecule has 2 aromatic carbocycles. The molecule has 1 heterocycles. The molecular formula is C16H8F5NO5. The van der Waals surface area contributed by atoms with E-state index in [0.717, 1.165) is 0 Å². The number of imide groups is 1. The third-order valence-corrected chi connectivity index (χ3v) is 3.80. The summed E-state index contributed by atoms with van der Waals surface area (Å²) in [7, 11) is 0. The van der Waals surface area contributed by atoms with Crippen LogP contribution in [-0.4, -0.2) is 28.7 Å². The molecule has 1 N–H and O–H groups in total. The fourth-order valence-electron chi connectivity index (χ4n) is 2.50. The van der Waals surface area contributed by atoms with Gasteiger partial charge in [-0.2, -0.15) is 0 Å². The number of halogens is 5. The number of hydroxylamine groups is 2. The second kappa shape index (κ2) is 7.02. The highest BCUT2D eigenvalue weighted by molar-refractivity contribution is 6.20. The number of amides is 2. The van der Waals surface area contributed by atoms with Gasteiger partial charge in [0, 0.05) is 0 Å². The van der Waals surface area contributed by atoms with E-state index in [1.54, 1.807) is 0 Å². The number of hydrogen-bond donors (Lipinski definition) is 1. The molecule has 0 saturated heterocycles. The molecule has 0 fully saturated rings. The van der Waals surface area contributed by atoms with E-state index in [1.807, 2.05) is 0 Å². The Labute approximate surface area is 147 Å². The van der Waals surface area contributed by atoms with E-state index in [0.29, 0.717) is 0 Å². The normalized spacial score (nSPS) is 14.7. The fourth-order valence-corrected chi connectivity index (χ4v) is 2.50. The first kappa shape index (κ1) is 18.9. The van der Waals surface area contributed by atoms with E-state index in [1.165, 1.54) is 24.3 Å². The van der Waals surface area contributed by atoms with Crippen LogP contribution in [0.4, 0.5) is 22.0 Å². The molecule has 0 radical (unpaired) electrons. The molecule has 142 valence electrons. The number of carbonyl (C=O) groups excluding carboxylic acids is 2. The lowest BCUT2D eigenvalue weighted by Gasteiger charge is -2.19. The summed E-state index contributed by atoms with van der Waals surface area (Å²) in [5.41, 5.74) is -1.55. The van der Waals surface area contributed by atoms with Gasteiger partial charge in [-0.05, 0) is 12.1 Å². The van der Waals surface area contributed by atoms with Crippen LogP contribution in [0.5, 0.6) is 0 Å². The zero-order valence-corrected chi connectivity index (χ0v) is 13.0. The van der Waals surface area contributed by atoms with Crippen LogP contribution < -0.4 is 0 Å². The number of carbonyl (C=O) groups is 2. The van der Waals surface area contributed by atoms with E-state index in [2.05, 4.69) is 4.89 Å². The van der Waals surface area contributed by atoms with Crippen molar-refractivity contribution in [3.05, 3.63) is 70.0 Å². The Morgan fingerprint density at radius 2 is 1.30 bits per heavy atom. The summed E-state index contributed by atoms with van der Waals surface area (Å²) in [6.45, 7) is -1.11. The second-order valence-electron chi connectivity index (χ2n) is 5.32. The summed E-state index contributed by atoms with van der Waals surface area (Å²) < 4.78 is 67.3. The Morgan fingerprint density at radius 3 is 1.74 bits per heavy atom. The minimum Gasteiger partial charge on any atom is -0.266 e. The molecular weight excluding hydrogens is 381 g/mol. The lowest BCUT2D eigenvalue weighted by Crippen LogP contribution is -2.32. The Hall–Kier alpha value is -2.89. The van der Waals surface area contributed by atoms with Crippen molar-refractivity contribution in [1.29, 1.82) is 0 Å². The van der Waals surface area contributed by atoms with Crippen molar-refractivity contribution in [2.75, 3.05) is 6.61 Å². The molecule has 2 aromatic rings. The van der Waals surface area contributed by atoms with E-state index >= 15 is 0 Å². The van der Waals surface area contributed by atoms with Crippen LogP contribution in [0.3, 0.4) is 0 Å². The topological polar surface area (TPSA) is 76.1 Å². The molecule has 0 aliphatic carbocycles. The molecule has 2 amide bonds. The van der Waals surface area contributed by atoms with E-state index in [9.17, 15) is 31.5 Å². The number of rotatable bonds is 5. The number of benzene rings is 2. The second-order valence-corrected chi connectivity index (χ2v) is 5.32. The quantitative estimate of drug-likeness (QED) is 0.212. The highest BCUT2D eigenvalue weighted by atomic mass is 19.2. The lowest BCUT2D eigenvalue weighted by atomic mass is 10.1. The number of hydrogen-bond acceptors (Lipinski definition) is 5. The van der Waals surface area contributed by atoms with Crippen LogP contribution >= 0.6 is 0 Å². The predicted octanol–water partition coefficient (Wildman–Crippen LogP) is 3.14. The summed E-state index contributed by atoms with van der Waals surface area (Å²) >= 11 is 0. The minimum absolute atomic E-state index is 0.0137. The van der Waals surface area contributed by atoms with Gasteiger partial charge in [0.05, 0.1) is 16.7 Å². The summed E-state index contributed by atoms with van der Waals surface area (Å²) in [6.07, 6.45) is -2.22. The molecule has 0 bridgehead atoms. The van der Waals surface area contributed by atoms with Crippen molar-refractivity contribution in [3.63, 3.8) is 0 Å². The highest BCUT2D eigenvalue weighted by Gasteiger charge is 2.38. The molecule has 11 heteroatoms. The maximum Gasteiger partial charge on any atom is 0.285 e. The first-order valence-corrected chi connectivity index (χ1v) is 7.21. The maximum atomic E-state index is 13.8. The number of fused-ring (bicyclic) bond motifs is 1. The average Bonchev–Trinajstić information content (AvgIpc) is 2.92. The molecule has 0 saturated carbocycles. The monoisotopic (exact) mass is 389 g/mol. The maximum absolute atomic E-state index is 13.8. The molecule has 6 nitrogen and oxygen atoms in total. The fraction of sp³-hybridized carbons (Fsp3) is 0.125. The molecule has 0 spiro atoms. The van der Waals surface area contributed by atoms with Crippen LogP contribution in [0, 0.1) is 29.1 Å². The van der Waals surface area contributed by atoms with Crippen molar-refractivity contribution >= 4 is 11.8 Å². The van der Waals surface area contributed by atoms with E-state index in [4.69, 9.17) is 10.1 Å². The van der Waals surface area contributed by atoms with Crippen LogP contribution in [0.2, 0.25) is 0 Å². The van der Waals surface area contributed by atoms with Crippen molar-refractivity contribution in [1.82, 2.24) is 5.06 Å². The Kier molecular flexibility index (Phi) is 4.91. The smallest absolute Gasteiger partial charge is 0.266 e. The minimum atomic E-state index is -2.40. The highest BCUT2D eigenvalue weighted by Crippen LogP contribution is 2.30. The van der Waals surface area contributed by atoms with Gasteiger partial charge in [0.2, 0.25) is 5.82 Å². The largest absolute Gasteiger partial charge is 0.285 e. The Morgan fingerprint density at radius 1 is 0.852 bits per heavy atom. The third kappa shape index (κ3) is 2.95. The summed E-state index contributed by atoms with van der Waals surface area (Å²) in [5, 5.41) is 9.04. The molecule has 27 heavy (non-hydrogen) atoms. The standard InChI is InChI=1S/C16H8F5NO5/c17-10-9(11(18)13(20)14(21)12(10)19)8(27-25)5-26-22-15(23)6-3-1-2-4-7(6)16(22)24/h1-4,8,25H,5H2. The molecule has 1 atom stereocenters. The van der Waals surface area contributed by atoms with Gasteiger partial charge >= 0.3 is 0 Å². The zero-order chi connectivity index (χ0) is 19.9. The van der Waals surface area contributed by atoms with Crippen molar-refractivity contribution in [2.24, 2.45) is 0 Å². The summed E-state index contributed by atoms with van der Waals surface area (Å²) in [5.74, 6) is -13.2. The van der Waals surface area contributed by atoms with Crippen molar-refractivity contribution in [2.45, 2.75) is 6.10 Å². The lowest BCUT2D eigenvalue weighted by molar-refractivity contribution is -0.300. The molecule has 3 rings (SSSR count). The van der Waals surface area contributed by atoms with Crippen LogP contribution in [0.1, 0.15) is 32.4 Å². The van der Waals surface area contributed by atoms with Crippen LogP contribution in [0.15, 0.2) is 24.3 Å². The number of nitrogens with zero attached hydrogens (tertiary/aromatic N) is 1. The van der Waals surface area contributed by atoms with Crippen LogP contribution in [0.25, 0.3) is 0 Å². The van der Waals surface area contributed by atoms with Crippen molar-refractivity contribution in [3.8, 4) is 0 Å². The SMILES string of the molecule is O=C1c2ccccc2C(=O)N1OCC(OO)c1c(F)c(F)c(F)c(F)c1F. The summed E-state index contributed by atoms with van der Waals surface area (Å²) in [4.78, 5) is 32.7. The van der Waals surface area contributed by atoms with Gasteiger partial charge in [-0.3, -0.25) is 19.7 Å². The van der Waals surface area contributed by atoms with Gasteiger partial charge in [0.15, 0.2) is 23.3 Å². The van der Waals surface area contributed by atoms with Gasteiger partial charge < -0.3 is 0 Å². The molecule has 0 aromatic heterocycles. The first-order chi connectivity index (χ1) is 12.8. The first-order valence-electron chi connectivity index (χ1n) is 7.21. The van der Waals surface area contributed by atoms with Gasteiger partial charge in [-0.1, -0.05) is 12.1 Å². The van der Waals surface area contributed by atoms with E-state index < -0.39 is 59.2 Å². The third-order valence-electron chi connectivity index (χ3n) is 3.80. The van der Waals surface area contributed by atoms with Gasteiger partial charge in [-0.25, -0.2) is 26.8 Å². The predicted molar refractivity (Wildman–Crippen MR) is 75.6 cm³/mol. The molecule has 1 unspecified atom stereocenters. The average molecular weight is 389 g/mol. The zero-order valence-electron chi connectivity index (χ0n) is 13.0. The summed E-state index contributed by atoms with van der Waals surface area (Å²) in [6, 6.07) is 5.59. The van der Waals surface area contributed by atoms with E-state index in [-0.39, 0.29) is 16.2 Å². The Balaban J connectivity index is 1.86. The van der Waals surface area contributed by atoms with Gasteiger partial charge in [-0.15, -0.1) is 5.06 Å². The van der Waals surface area contributed by atoms with Crippen molar-refractivity contribution < 1.29 is 46.5 Å². The van der Waals surface area contributed by atoms with Crippen LogP contribution in [-0.2, 0) is 9.73 Å².